The molecule has 0 aliphatic carbocycles. The predicted molar refractivity (Wildman–Crippen MR) is 190 cm³/mol. The van der Waals surface area contributed by atoms with E-state index in [0.29, 0.717) is 28.6 Å². The van der Waals surface area contributed by atoms with E-state index in [0.717, 1.165) is 52.3 Å². The molecule has 3 aromatic carbocycles. The van der Waals surface area contributed by atoms with Gasteiger partial charge in [-0.2, -0.15) is 26.5 Å². The molecule has 281 valence electrons. The minimum Gasteiger partial charge on any atom is -0.572 e. The summed E-state index contributed by atoms with van der Waals surface area (Å²) in [5.41, 5.74) is 6.13. The summed E-state index contributed by atoms with van der Waals surface area (Å²) >= 11 is 0. The number of benzene rings is 3. The summed E-state index contributed by atoms with van der Waals surface area (Å²) in [6.45, 7) is 13.6. The monoisotopic (exact) mass is 904 g/mol. The van der Waals surface area contributed by atoms with Crippen molar-refractivity contribution in [3.05, 3.63) is 139 Å². The van der Waals surface area contributed by atoms with E-state index in [1.165, 1.54) is 0 Å². The van der Waals surface area contributed by atoms with Gasteiger partial charge < -0.3 is 34.4 Å². The zero-order valence-corrected chi connectivity index (χ0v) is 32.4. The Morgan fingerprint density at radius 2 is 1.42 bits per heavy atom. The number of rotatable bonds is 6. The van der Waals surface area contributed by atoms with Crippen LogP contribution in [0.1, 0.15) is 47.7 Å². The third kappa shape index (κ3) is 8.66. The zero-order valence-electron chi connectivity index (χ0n) is 30.0. The first-order valence-corrected chi connectivity index (χ1v) is 16.3. The summed E-state index contributed by atoms with van der Waals surface area (Å²) in [6.07, 6.45) is 4.21. The fraction of sp³-hybridized carbons (Fsp3) is 0.231. The standard InChI is InChI=1S/C24H22F2N4.C15H14F3N4.Ir/c1-13(2)20-11-21(29-28-20)24-27-22(18-7-6-17(25)10-19(18)26)12-30(24)23-15(4)8-14(3)9-16(23)5;1-19-3-5-21(10-19)13-7-12(15(16,17)18)8-14(9-13)22-6-4-20(2)11-22;/h6,8-13H,1-5H3;3-8,10-11H,1-2H3;/q-2;-3;. The smallest absolute Gasteiger partial charge is 0.394 e. The number of hydrogen-bond donors (Lipinski definition) is 0. The maximum Gasteiger partial charge on any atom is 0.394 e. The van der Waals surface area contributed by atoms with Gasteiger partial charge in [-0.25, -0.2) is 0 Å². The van der Waals surface area contributed by atoms with Crippen molar-refractivity contribution in [2.45, 2.75) is 46.7 Å². The Morgan fingerprint density at radius 3 is 1.89 bits per heavy atom. The first-order valence-electron chi connectivity index (χ1n) is 16.3. The summed E-state index contributed by atoms with van der Waals surface area (Å²) in [7, 11) is 3.61. The largest absolute Gasteiger partial charge is 0.572 e. The summed E-state index contributed by atoms with van der Waals surface area (Å²) in [4.78, 5) is 11.4. The molecule has 0 saturated heterocycles. The van der Waals surface area contributed by atoms with E-state index in [2.05, 4.69) is 39.4 Å². The number of imidazole rings is 1. The van der Waals surface area contributed by atoms with Crippen molar-refractivity contribution in [2.75, 3.05) is 23.9 Å². The normalized spacial score (nSPS) is 14.0. The molecule has 53 heavy (non-hydrogen) atoms. The van der Waals surface area contributed by atoms with E-state index >= 15 is 0 Å². The van der Waals surface area contributed by atoms with Crippen LogP contribution in [0.2, 0.25) is 0 Å². The number of aromatic nitrogens is 4. The Hall–Kier alpha value is -4.94. The molecule has 2 aliphatic rings. The molecule has 1 radical (unpaired) electrons. The van der Waals surface area contributed by atoms with Gasteiger partial charge in [0.1, 0.15) is 5.82 Å². The summed E-state index contributed by atoms with van der Waals surface area (Å²) < 4.78 is 69.2. The van der Waals surface area contributed by atoms with Gasteiger partial charge in [0.15, 0.2) is 0 Å². The molecule has 0 atom stereocenters. The van der Waals surface area contributed by atoms with Crippen molar-refractivity contribution in [3.8, 4) is 28.5 Å². The molecule has 0 amide bonds. The summed E-state index contributed by atoms with van der Waals surface area (Å²) in [5.74, 6) is -0.610. The molecule has 5 aromatic rings. The van der Waals surface area contributed by atoms with Crippen molar-refractivity contribution in [3.63, 3.8) is 0 Å². The van der Waals surface area contributed by atoms with Crippen LogP contribution in [-0.4, -0.2) is 38.5 Å². The zero-order chi connectivity index (χ0) is 37.5. The van der Waals surface area contributed by atoms with Crippen LogP contribution in [0.15, 0.2) is 73.5 Å². The van der Waals surface area contributed by atoms with Crippen molar-refractivity contribution < 1.29 is 42.1 Å². The SMILES string of the molecule is CN1C=CN(c2[c-]c(N3C=CN(C)[CH-]3)cc(C(F)(F)F)c2)[CH-]1.Cc1cc(C)c(-n2cc(-c3[c-]cc(F)cc3F)nc2-c2cc(C(C)C)n[n-]2)c(C)c1.[Ir]. The summed E-state index contributed by atoms with van der Waals surface area (Å²) in [5, 5.41) is 8.58. The van der Waals surface area contributed by atoms with Crippen LogP contribution in [0, 0.1) is 57.9 Å². The Labute approximate surface area is 319 Å². The van der Waals surface area contributed by atoms with Gasteiger partial charge in [-0.05, 0) is 82.9 Å². The number of aryl methyl sites for hydroxylation is 3. The fourth-order valence-electron chi connectivity index (χ4n) is 5.91. The molecule has 7 rings (SSSR count). The molecule has 2 aromatic heterocycles. The molecule has 2 aliphatic heterocycles. The van der Waals surface area contributed by atoms with E-state index in [1.807, 2.05) is 45.3 Å². The van der Waals surface area contributed by atoms with Gasteiger partial charge in [0, 0.05) is 43.1 Å². The van der Waals surface area contributed by atoms with Crippen molar-refractivity contribution in [1.29, 1.82) is 0 Å². The summed E-state index contributed by atoms with van der Waals surface area (Å²) in [6, 6.07) is 15.9. The van der Waals surface area contributed by atoms with Gasteiger partial charge in [0.05, 0.1) is 5.69 Å². The molecular weight excluding hydrogens is 868 g/mol. The first-order chi connectivity index (χ1) is 24.6. The van der Waals surface area contributed by atoms with Gasteiger partial charge in [-0.1, -0.05) is 60.5 Å². The quantitative estimate of drug-likeness (QED) is 0.125. The molecule has 8 nitrogen and oxygen atoms in total. The number of anilines is 2. The topological polar surface area (TPSA) is 57.8 Å². The Bertz CT molecular complexity index is 2080. The van der Waals surface area contributed by atoms with E-state index in [-0.39, 0.29) is 31.6 Å². The average Bonchev–Trinajstić information content (AvgIpc) is 3.88. The fourth-order valence-corrected chi connectivity index (χ4v) is 5.91. The van der Waals surface area contributed by atoms with Gasteiger partial charge in [0.2, 0.25) is 0 Å². The maximum absolute atomic E-state index is 14.5. The van der Waals surface area contributed by atoms with Crippen molar-refractivity contribution >= 4 is 11.4 Å². The van der Waals surface area contributed by atoms with Gasteiger partial charge >= 0.3 is 6.18 Å². The molecule has 4 heterocycles. The predicted octanol–water partition coefficient (Wildman–Crippen LogP) is 8.87. The molecule has 0 unspecified atom stereocenters. The molecule has 0 fully saturated rings. The van der Waals surface area contributed by atoms with E-state index in [1.54, 1.807) is 78.0 Å². The molecule has 0 bridgehead atoms. The molecule has 0 spiro atoms. The number of nitrogens with zero attached hydrogens (tertiary/aromatic N) is 8. The number of alkyl halides is 3. The average molecular weight is 904 g/mol. The second-order valence-corrected chi connectivity index (χ2v) is 13.0. The van der Waals surface area contributed by atoms with Crippen LogP contribution in [-0.2, 0) is 26.3 Å². The van der Waals surface area contributed by atoms with Crippen molar-refractivity contribution in [1.82, 2.24) is 29.5 Å². The Balaban J connectivity index is 0.000000210. The molecule has 0 N–H and O–H groups in total. The van der Waals surface area contributed by atoms with Crippen LogP contribution >= 0.6 is 0 Å². The van der Waals surface area contributed by atoms with Gasteiger partial charge in [-0.3, -0.25) is 13.8 Å². The van der Waals surface area contributed by atoms with Crippen LogP contribution in [0.4, 0.5) is 33.3 Å². The van der Waals surface area contributed by atoms with E-state index in [9.17, 15) is 22.0 Å². The van der Waals surface area contributed by atoms with Crippen LogP contribution < -0.4 is 14.9 Å². The first kappa shape index (κ1) is 39.3. The third-order valence-electron chi connectivity index (χ3n) is 8.34. The molecular formula is C39H36F5IrN8-5. The van der Waals surface area contributed by atoms with Crippen LogP contribution in [0.25, 0.3) is 28.5 Å². The molecule has 14 heteroatoms. The Morgan fingerprint density at radius 1 is 0.830 bits per heavy atom. The van der Waals surface area contributed by atoms with E-state index in [4.69, 9.17) is 0 Å². The van der Waals surface area contributed by atoms with Crippen molar-refractivity contribution in [2.24, 2.45) is 0 Å². The van der Waals surface area contributed by atoms with E-state index < -0.39 is 23.4 Å². The van der Waals surface area contributed by atoms with Crippen LogP contribution in [0.3, 0.4) is 0 Å². The molecule has 0 saturated carbocycles. The second-order valence-electron chi connectivity index (χ2n) is 13.0. The van der Waals surface area contributed by atoms with Gasteiger partial charge in [-0.15, -0.1) is 41.7 Å². The third-order valence-corrected chi connectivity index (χ3v) is 8.34. The Kier molecular flexibility index (Phi) is 11.5. The number of hydrogen-bond acceptors (Lipinski definition) is 6. The maximum atomic E-state index is 14.5. The van der Waals surface area contributed by atoms with Gasteiger partial charge in [0.25, 0.3) is 0 Å². The minimum absolute atomic E-state index is 0. The minimum atomic E-state index is -4.41. The second kappa shape index (κ2) is 15.6. The number of halogens is 5. The van der Waals surface area contributed by atoms with Crippen LogP contribution in [0.5, 0.6) is 0 Å².